The smallest absolute Gasteiger partial charge is 0.271 e. The lowest BCUT2D eigenvalue weighted by molar-refractivity contribution is -0.384. The van der Waals surface area contributed by atoms with Gasteiger partial charge in [0.05, 0.1) is 16.9 Å². The SMILES string of the molecule is CCCCNC(=O)[C@H](C)N(Cc1cccc(C)c1)C(=O)CN(c1cc([N+](=O)[O-])ccc1C)S(C)(=O)=O. The maximum absolute atomic E-state index is 13.6. The summed E-state index contributed by atoms with van der Waals surface area (Å²) in [4.78, 5) is 38.4. The number of anilines is 1. The van der Waals surface area contributed by atoms with E-state index in [9.17, 15) is 28.1 Å². The third-order valence-electron chi connectivity index (χ3n) is 5.78. The summed E-state index contributed by atoms with van der Waals surface area (Å²) in [5.74, 6) is -0.951. The summed E-state index contributed by atoms with van der Waals surface area (Å²) in [7, 11) is -3.99. The molecular weight excluding hydrogens is 484 g/mol. The minimum atomic E-state index is -3.99. The molecule has 0 aliphatic carbocycles. The Morgan fingerprint density at radius 2 is 1.83 bits per heavy atom. The molecule has 0 spiro atoms. The van der Waals surface area contributed by atoms with Gasteiger partial charge in [0.15, 0.2) is 0 Å². The summed E-state index contributed by atoms with van der Waals surface area (Å²) >= 11 is 0. The Labute approximate surface area is 212 Å². The molecule has 0 saturated heterocycles. The first-order chi connectivity index (χ1) is 16.8. The summed E-state index contributed by atoms with van der Waals surface area (Å²) < 4.78 is 26.3. The number of nitro groups is 1. The van der Waals surface area contributed by atoms with Crippen LogP contribution in [0.25, 0.3) is 0 Å². The molecule has 0 heterocycles. The number of nitrogens with one attached hydrogen (secondary N) is 1. The van der Waals surface area contributed by atoms with Crippen LogP contribution in [0.15, 0.2) is 42.5 Å². The number of nitro benzene ring substituents is 1. The summed E-state index contributed by atoms with van der Waals surface area (Å²) in [6.45, 7) is 7.06. The van der Waals surface area contributed by atoms with Crippen molar-refractivity contribution in [2.24, 2.45) is 0 Å². The van der Waals surface area contributed by atoms with E-state index in [-0.39, 0.29) is 23.8 Å². The number of amides is 2. The van der Waals surface area contributed by atoms with Crippen molar-refractivity contribution in [2.75, 3.05) is 23.7 Å². The third kappa shape index (κ3) is 7.77. The molecule has 2 aromatic carbocycles. The fourth-order valence-electron chi connectivity index (χ4n) is 3.70. The molecule has 0 unspecified atom stereocenters. The minimum Gasteiger partial charge on any atom is -0.354 e. The molecule has 0 bridgehead atoms. The van der Waals surface area contributed by atoms with Gasteiger partial charge in [-0.15, -0.1) is 0 Å². The largest absolute Gasteiger partial charge is 0.354 e. The van der Waals surface area contributed by atoms with Crippen LogP contribution in [0, 0.1) is 24.0 Å². The average Bonchev–Trinajstić information content (AvgIpc) is 2.80. The molecule has 11 heteroatoms. The predicted molar refractivity (Wildman–Crippen MR) is 139 cm³/mol. The van der Waals surface area contributed by atoms with Crippen molar-refractivity contribution in [3.8, 4) is 0 Å². The number of rotatable bonds is 12. The van der Waals surface area contributed by atoms with Crippen LogP contribution < -0.4 is 9.62 Å². The van der Waals surface area contributed by atoms with Gasteiger partial charge in [-0.05, 0) is 38.3 Å². The average molecular weight is 519 g/mol. The van der Waals surface area contributed by atoms with E-state index in [0.717, 1.165) is 40.6 Å². The molecule has 2 amide bonds. The number of carbonyl (C=O) groups is 2. The quantitative estimate of drug-likeness (QED) is 0.261. The maximum Gasteiger partial charge on any atom is 0.271 e. The normalized spacial score (nSPS) is 12.0. The fourth-order valence-corrected chi connectivity index (χ4v) is 4.60. The second-order valence-corrected chi connectivity index (χ2v) is 10.7. The molecule has 0 fully saturated rings. The molecule has 0 aromatic heterocycles. The van der Waals surface area contributed by atoms with Crippen molar-refractivity contribution in [3.63, 3.8) is 0 Å². The lowest BCUT2D eigenvalue weighted by Gasteiger charge is -2.32. The first-order valence-electron chi connectivity index (χ1n) is 11.7. The summed E-state index contributed by atoms with van der Waals surface area (Å²) in [5.41, 5.74) is 1.96. The number of benzene rings is 2. The van der Waals surface area contributed by atoms with Gasteiger partial charge in [0, 0.05) is 25.2 Å². The highest BCUT2D eigenvalue weighted by Crippen LogP contribution is 2.28. The van der Waals surface area contributed by atoms with E-state index >= 15 is 0 Å². The zero-order valence-electron chi connectivity index (χ0n) is 21.4. The second kappa shape index (κ2) is 12.5. The van der Waals surface area contributed by atoms with E-state index in [2.05, 4.69) is 5.32 Å². The summed E-state index contributed by atoms with van der Waals surface area (Å²) in [6, 6.07) is 10.4. The maximum atomic E-state index is 13.6. The molecular formula is C25H34N4O6S. The van der Waals surface area contributed by atoms with Crippen LogP contribution in [0.4, 0.5) is 11.4 Å². The summed E-state index contributed by atoms with van der Waals surface area (Å²) in [5, 5.41) is 14.1. The molecule has 196 valence electrons. The molecule has 0 aliphatic rings. The van der Waals surface area contributed by atoms with Gasteiger partial charge >= 0.3 is 0 Å². The number of sulfonamides is 1. The zero-order chi connectivity index (χ0) is 27.0. The van der Waals surface area contributed by atoms with Crippen LogP contribution in [0.5, 0.6) is 0 Å². The molecule has 2 aromatic rings. The van der Waals surface area contributed by atoms with Gasteiger partial charge in [0.25, 0.3) is 5.69 Å². The zero-order valence-corrected chi connectivity index (χ0v) is 22.2. The van der Waals surface area contributed by atoms with Crippen molar-refractivity contribution < 1.29 is 22.9 Å². The molecule has 1 N–H and O–H groups in total. The van der Waals surface area contributed by atoms with E-state index in [0.29, 0.717) is 12.1 Å². The van der Waals surface area contributed by atoms with Crippen LogP contribution in [-0.4, -0.2) is 55.4 Å². The molecule has 0 aliphatic heterocycles. The Bertz CT molecular complexity index is 1210. The van der Waals surface area contributed by atoms with Gasteiger partial charge in [0.2, 0.25) is 21.8 Å². The van der Waals surface area contributed by atoms with Crippen molar-refractivity contribution in [2.45, 2.75) is 53.1 Å². The van der Waals surface area contributed by atoms with E-state index in [1.54, 1.807) is 13.8 Å². The first-order valence-corrected chi connectivity index (χ1v) is 13.6. The van der Waals surface area contributed by atoms with Crippen molar-refractivity contribution in [1.82, 2.24) is 10.2 Å². The highest BCUT2D eigenvalue weighted by Gasteiger charge is 2.31. The van der Waals surface area contributed by atoms with E-state index in [1.807, 2.05) is 38.1 Å². The number of hydrogen-bond acceptors (Lipinski definition) is 6. The standard InChI is InChI=1S/C25H34N4O6S/c1-6-7-13-26-25(31)20(4)27(16-21-10-8-9-18(2)14-21)24(30)17-28(36(5,34)35)23-15-22(29(32)33)12-11-19(23)3/h8-12,14-15,20H,6-7,13,16-17H2,1-5H3,(H,26,31)/t20-/m0/s1. The highest BCUT2D eigenvalue weighted by atomic mass is 32.2. The van der Waals surface area contributed by atoms with Gasteiger partial charge in [0.1, 0.15) is 12.6 Å². The fraction of sp³-hybridized carbons (Fsp3) is 0.440. The first kappa shape index (κ1) is 28.8. The molecule has 0 radical (unpaired) electrons. The van der Waals surface area contributed by atoms with Crippen LogP contribution >= 0.6 is 0 Å². The predicted octanol–water partition coefficient (Wildman–Crippen LogP) is 3.31. The van der Waals surface area contributed by atoms with Crippen LogP contribution in [-0.2, 0) is 26.2 Å². The van der Waals surface area contributed by atoms with Crippen LogP contribution in [0.2, 0.25) is 0 Å². The Balaban J connectivity index is 2.44. The van der Waals surface area contributed by atoms with Crippen LogP contribution in [0.1, 0.15) is 43.4 Å². The van der Waals surface area contributed by atoms with Gasteiger partial charge in [-0.3, -0.25) is 24.0 Å². The van der Waals surface area contributed by atoms with E-state index in [1.165, 1.54) is 17.0 Å². The number of non-ortho nitro benzene ring substituents is 1. The Hall–Kier alpha value is -3.47. The Morgan fingerprint density at radius 1 is 1.14 bits per heavy atom. The van der Waals surface area contributed by atoms with E-state index in [4.69, 9.17) is 0 Å². The van der Waals surface area contributed by atoms with Crippen molar-refractivity contribution >= 4 is 33.2 Å². The van der Waals surface area contributed by atoms with Gasteiger partial charge in [-0.1, -0.05) is 49.2 Å². The van der Waals surface area contributed by atoms with E-state index < -0.39 is 33.4 Å². The molecule has 0 saturated carbocycles. The van der Waals surface area contributed by atoms with Gasteiger partial charge < -0.3 is 10.2 Å². The molecule has 2 rings (SSSR count). The molecule has 36 heavy (non-hydrogen) atoms. The highest BCUT2D eigenvalue weighted by molar-refractivity contribution is 7.92. The number of aryl methyl sites for hydroxylation is 2. The number of hydrogen-bond donors (Lipinski definition) is 1. The molecule has 10 nitrogen and oxygen atoms in total. The number of unbranched alkanes of at least 4 members (excludes halogenated alkanes) is 1. The Morgan fingerprint density at radius 3 is 2.42 bits per heavy atom. The van der Waals surface area contributed by atoms with Crippen molar-refractivity contribution in [1.29, 1.82) is 0 Å². The lowest BCUT2D eigenvalue weighted by Crippen LogP contribution is -2.51. The molecule has 1 atom stereocenters. The topological polar surface area (TPSA) is 130 Å². The van der Waals surface area contributed by atoms with Crippen LogP contribution in [0.3, 0.4) is 0 Å². The number of nitrogens with zero attached hydrogens (tertiary/aromatic N) is 3. The third-order valence-corrected chi connectivity index (χ3v) is 6.91. The monoisotopic (exact) mass is 518 g/mol. The van der Waals surface area contributed by atoms with Crippen molar-refractivity contribution in [3.05, 3.63) is 69.3 Å². The number of carbonyl (C=O) groups excluding carboxylic acids is 2. The lowest BCUT2D eigenvalue weighted by atomic mass is 10.1. The summed E-state index contributed by atoms with van der Waals surface area (Å²) in [6.07, 6.45) is 2.62. The second-order valence-electron chi connectivity index (χ2n) is 8.83. The Kier molecular flexibility index (Phi) is 9.97. The van der Waals surface area contributed by atoms with Gasteiger partial charge in [-0.2, -0.15) is 0 Å². The minimum absolute atomic E-state index is 0.0376. The van der Waals surface area contributed by atoms with Gasteiger partial charge in [-0.25, -0.2) is 8.42 Å².